The van der Waals surface area contributed by atoms with E-state index in [1.807, 2.05) is 0 Å². The SMILES string of the molecule is CCCCC1=C(OC)C(O)(C2SCCCS2)C1=O. The molecule has 0 radical (unpaired) electrons. The summed E-state index contributed by atoms with van der Waals surface area (Å²) < 4.78 is 5.22. The molecule has 0 bridgehead atoms. The van der Waals surface area contributed by atoms with Gasteiger partial charge in [-0.2, -0.15) is 0 Å². The zero-order chi connectivity index (χ0) is 13.2. The van der Waals surface area contributed by atoms with Crippen LogP contribution in [-0.2, 0) is 9.53 Å². The van der Waals surface area contributed by atoms with E-state index in [-0.39, 0.29) is 10.4 Å². The number of ether oxygens (including phenoxy) is 1. The van der Waals surface area contributed by atoms with E-state index >= 15 is 0 Å². The van der Waals surface area contributed by atoms with Crippen LogP contribution in [0.25, 0.3) is 0 Å². The minimum atomic E-state index is -1.37. The van der Waals surface area contributed by atoms with Crippen molar-refractivity contribution >= 4 is 29.3 Å². The van der Waals surface area contributed by atoms with Crippen molar-refractivity contribution in [1.29, 1.82) is 0 Å². The second kappa shape index (κ2) is 5.88. The van der Waals surface area contributed by atoms with E-state index < -0.39 is 5.60 Å². The fraction of sp³-hybridized carbons (Fsp3) is 0.769. The summed E-state index contributed by atoms with van der Waals surface area (Å²) in [5, 5.41) is 10.7. The Labute approximate surface area is 117 Å². The van der Waals surface area contributed by atoms with Gasteiger partial charge < -0.3 is 9.84 Å². The van der Waals surface area contributed by atoms with Crippen LogP contribution in [0.2, 0.25) is 0 Å². The molecule has 2 aliphatic rings. The summed E-state index contributed by atoms with van der Waals surface area (Å²) in [6.07, 6.45) is 3.88. The molecule has 0 spiro atoms. The third-order valence-corrected chi connectivity index (χ3v) is 6.55. The Balaban J connectivity index is 2.17. The van der Waals surface area contributed by atoms with Gasteiger partial charge in [0.15, 0.2) is 0 Å². The number of hydrogen-bond acceptors (Lipinski definition) is 5. The summed E-state index contributed by atoms with van der Waals surface area (Å²) in [7, 11) is 1.55. The molecule has 3 nitrogen and oxygen atoms in total. The predicted molar refractivity (Wildman–Crippen MR) is 76.8 cm³/mol. The van der Waals surface area contributed by atoms with E-state index in [0.29, 0.717) is 11.3 Å². The molecule has 1 atom stereocenters. The summed E-state index contributed by atoms with van der Waals surface area (Å²) in [6.45, 7) is 2.09. The lowest BCUT2D eigenvalue weighted by Crippen LogP contribution is -2.58. The van der Waals surface area contributed by atoms with Gasteiger partial charge in [0.2, 0.25) is 11.4 Å². The second-order valence-electron chi connectivity index (χ2n) is 4.64. The summed E-state index contributed by atoms with van der Waals surface area (Å²) in [4.78, 5) is 12.2. The van der Waals surface area contributed by atoms with Crippen LogP contribution in [0, 0.1) is 0 Å². The average Bonchev–Trinajstić information content (AvgIpc) is 2.43. The molecule has 1 saturated heterocycles. The maximum atomic E-state index is 12.2. The van der Waals surface area contributed by atoms with Gasteiger partial charge >= 0.3 is 0 Å². The summed E-state index contributed by atoms with van der Waals surface area (Å²) >= 11 is 3.35. The minimum absolute atomic E-state index is 0.0981. The second-order valence-corrected chi connectivity index (χ2v) is 7.36. The van der Waals surface area contributed by atoms with E-state index in [0.717, 1.165) is 37.2 Å². The molecule has 1 fully saturated rings. The van der Waals surface area contributed by atoms with Crippen molar-refractivity contribution in [2.45, 2.75) is 42.8 Å². The van der Waals surface area contributed by atoms with Gasteiger partial charge in [0.1, 0.15) is 5.76 Å². The Hall–Kier alpha value is -0.130. The molecular weight excluding hydrogens is 268 g/mol. The highest BCUT2D eigenvalue weighted by atomic mass is 32.2. The van der Waals surface area contributed by atoms with Gasteiger partial charge in [-0.25, -0.2) is 0 Å². The summed E-state index contributed by atoms with van der Waals surface area (Å²) in [6, 6.07) is 0. The van der Waals surface area contributed by atoms with E-state index in [1.165, 1.54) is 0 Å². The number of carbonyl (C=O) groups is 1. The highest BCUT2D eigenvalue weighted by molar-refractivity contribution is 8.17. The number of ketones is 1. The highest BCUT2D eigenvalue weighted by Crippen LogP contribution is 2.49. The molecule has 0 aromatic carbocycles. The molecule has 1 unspecified atom stereocenters. The third-order valence-electron chi connectivity index (χ3n) is 3.39. The van der Waals surface area contributed by atoms with E-state index in [9.17, 15) is 9.90 Å². The average molecular weight is 288 g/mol. The number of unbranched alkanes of at least 4 members (excludes halogenated alkanes) is 1. The standard InChI is InChI=1S/C13H20O3S2/c1-3-4-6-9-10(14)13(15,11(9)16-2)12-17-7-5-8-18-12/h12,15H,3-8H2,1-2H3. The first kappa shape index (κ1) is 14.3. The van der Waals surface area contributed by atoms with Gasteiger partial charge in [0.25, 0.3) is 0 Å². The molecule has 0 aromatic rings. The fourth-order valence-corrected chi connectivity index (χ4v) is 5.51. The van der Waals surface area contributed by atoms with Crippen LogP contribution in [0.5, 0.6) is 0 Å². The Kier molecular flexibility index (Phi) is 4.67. The number of aliphatic hydroxyl groups is 1. The van der Waals surface area contributed by atoms with E-state index in [1.54, 1.807) is 30.6 Å². The number of hydrogen-bond donors (Lipinski definition) is 1. The number of thioether (sulfide) groups is 2. The lowest BCUT2D eigenvalue weighted by Gasteiger charge is -2.44. The maximum Gasteiger partial charge on any atom is 0.206 e. The van der Waals surface area contributed by atoms with Crippen molar-refractivity contribution < 1.29 is 14.6 Å². The summed E-state index contributed by atoms with van der Waals surface area (Å²) in [5.74, 6) is 2.43. The molecule has 0 amide bonds. The van der Waals surface area contributed by atoms with Gasteiger partial charge in [0, 0.05) is 5.57 Å². The van der Waals surface area contributed by atoms with Gasteiger partial charge in [0.05, 0.1) is 11.7 Å². The lowest BCUT2D eigenvalue weighted by molar-refractivity contribution is -0.137. The monoisotopic (exact) mass is 288 g/mol. The van der Waals surface area contributed by atoms with Crippen molar-refractivity contribution in [3.63, 3.8) is 0 Å². The van der Waals surface area contributed by atoms with Crippen LogP contribution in [0.4, 0.5) is 0 Å². The predicted octanol–water partition coefficient (Wildman–Crippen LogP) is 2.59. The number of carbonyl (C=O) groups excluding carboxylic acids is 1. The van der Waals surface area contributed by atoms with Crippen molar-refractivity contribution in [2.75, 3.05) is 18.6 Å². The molecule has 102 valence electrons. The van der Waals surface area contributed by atoms with Gasteiger partial charge in [-0.05, 0) is 30.8 Å². The first-order valence-electron chi connectivity index (χ1n) is 6.44. The fourth-order valence-electron chi connectivity index (χ4n) is 2.41. The van der Waals surface area contributed by atoms with Crippen LogP contribution in [-0.4, -0.2) is 39.7 Å². The zero-order valence-corrected chi connectivity index (χ0v) is 12.5. The van der Waals surface area contributed by atoms with Crippen LogP contribution in [0.1, 0.15) is 32.6 Å². The summed E-state index contributed by atoms with van der Waals surface area (Å²) in [5.41, 5.74) is -0.665. The quantitative estimate of drug-likeness (QED) is 0.842. The molecule has 1 heterocycles. The molecule has 0 aromatic heterocycles. The van der Waals surface area contributed by atoms with Crippen molar-refractivity contribution in [1.82, 2.24) is 0 Å². The van der Waals surface area contributed by atoms with Gasteiger partial charge in [-0.3, -0.25) is 4.79 Å². The van der Waals surface area contributed by atoms with Gasteiger partial charge in [-0.15, -0.1) is 23.5 Å². The largest absolute Gasteiger partial charge is 0.497 e. The zero-order valence-electron chi connectivity index (χ0n) is 10.9. The van der Waals surface area contributed by atoms with Crippen molar-refractivity contribution in [3.05, 3.63) is 11.3 Å². The van der Waals surface area contributed by atoms with E-state index in [4.69, 9.17) is 4.74 Å². The highest BCUT2D eigenvalue weighted by Gasteiger charge is 2.59. The Morgan fingerprint density at radius 1 is 1.44 bits per heavy atom. The van der Waals surface area contributed by atoms with Crippen molar-refractivity contribution in [3.8, 4) is 0 Å². The third kappa shape index (κ3) is 2.21. The molecule has 1 N–H and O–H groups in total. The molecule has 5 heteroatoms. The number of rotatable bonds is 5. The Morgan fingerprint density at radius 2 is 2.11 bits per heavy atom. The van der Waals surface area contributed by atoms with Crippen LogP contribution in [0.3, 0.4) is 0 Å². The smallest absolute Gasteiger partial charge is 0.206 e. The minimum Gasteiger partial charge on any atom is -0.497 e. The molecule has 1 aliphatic heterocycles. The Morgan fingerprint density at radius 3 is 2.67 bits per heavy atom. The first-order chi connectivity index (χ1) is 8.66. The molecule has 0 saturated carbocycles. The van der Waals surface area contributed by atoms with E-state index in [2.05, 4.69) is 6.92 Å². The number of methoxy groups -OCH3 is 1. The first-order valence-corrected chi connectivity index (χ1v) is 8.54. The van der Waals surface area contributed by atoms with Crippen LogP contribution < -0.4 is 0 Å². The number of Topliss-reactive ketones (excluding diaryl/α,β-unsaturated/α-hetero) is 1. The van der Waals surface area contributed by atoms with Gasteiger partial charge in [-0.1, -0.05) is 13.3 Å². The van der Waals surface area contributed by atoms with Crippen LogP contribution in [0.15, 0.2) is 11.3 Å². The molecule has 1 aliphatic carbocycles. The molecule has 2 rings (SSSR count). The Bertz CT molecular complexity index is 361. The maximum absolute atomic E-state index is 12.2. The molecule has 18 heavy (non-hydrogen) atoms. The topological polar surface area (TPSA) is 46.5 Å². The van der Waals surface area contributed by atoms with Crippen LogP contribution >= 0.6 is 23.5 Å². The molecular formula is C13H20O3S2. The lowest BCUT2D eigenvalue weighted by atomic mass is 9.76. The normalized spacial score (nSPS) is 29.4. The van der Waals surface area contributed by atoms with Crippen molar-refractivity contribution in [2.24, 2.45) is 0 Å².